The molecule has 3 rings (SSSR count). The Morgan fingerprint density at radius 3 is 2.52 bits per heavy atom. The van der Waals surface area contributed by atoms with E-state index < -0.39 is 0 Å². The van der Waals surface area contributed by atoms with Gasteiger partial charge in [-0.05, 0) is 31.2 Å². The third-order valence-corrected chi connectivity index (χ3v) is 3.38. The second-order valence-corrected chi connectivity index (χ2v) is 5.07. The Labute approximate surface area is 133 Å². The van der Waals surface area contributed by atoms with E-state index in [1.165, 1.54) is 0 Å². The number of aryl methyl sites for hydroxylation is 1. The van der Waals surface area contributed by atoms with Crippen LogP contribution in [0.15, 0.2) is 59.3 Å². The molecule has 1 amide bonds. The molecule has 1 aromatic carbocycles. The quantitative estimate of drug-likeness (QED) is 0.800. The fourth-order valence-electron chi connectivity index (χ4n) is 2.13. The summed E-state index contributed by atoms with van der Waals surface area (Å²) < 4.78 is 4.91. The molecule has 0 fully saturated rings. The minimum absolute atomic E-state index is 0.316. The van der Waals surface area contributed by atoms with Crippen LogP contribution < -0.4 is 10.2 Å². The maximum Gasteiger partial charge on any atom is 0.275 e. The molecular weight excluding hydrogens is 292 g/mol. The van der Waals surface area contributed by atoms with Crippen molar-refractivity contribution in [2.75, 3.05) is 17.3 Å². The van der Waals surface area contributed by atoms with E-state index in [2.05, 4.69) is 15.5 Å². The number of carbonyl (C=O) groups excluding carboxylic acids is 1. The molecular formula is C17H16N4O2. The van der Waals surface area contributed by atoms with E-state index in [9.17, 15) is 4.79 Å². The van der Waals surface area contributed by atoms with Crippen molar-refractivity contribution in [1.29, 1.82) is 0 Å². The van der Waals surface area contributed by atoms with Gasteiger partial charge in [0.1, 0.15) is 11.5 Å². The molecule has 0 unspecified atom stereocenters. The van der Waals surface area contributed by atoms with E-state index in [4.69, 9.17) is 4.52 Å². The van der Waals surface area contributed by atoms with Gasteiger partial charge in [-0.25, -0.2) is 4.98 Å². The summed E-state index contributed by atoms with van der Waals surface area (Å²) in [5, 5.41) is 6.36. The summed E-state index contributed by atoms with van der Waals surface area (Å²) in [6.07, 6.45) is 1.66. The molecule has 3 aromatic rings. The Morgan fingerprint density at radius 2 is 1.91 bits per heavy atom. The van der Waals surface area contributed by atoms with Crippen molar-refractivity contribution in [1.82, 2.24) is 10.1 Å². The summed E-state index contributed by atoms with van der Waals surface area (Å²) in [5.74, 6) is 0.681. The van der Waals surface area contributed by atoms with Crippen LogP contribution in [-0.4, -0.2) is 23.1 Å². The fraction of sp³-hybridized carbons (Fsp3) is 0.118. The monoisotopic (exact) mass is 308 g/mol. The van der Waals surface area contributed by atoms with Crippen LogP contribution in [0, 0.1) is 6.92 Å². The Bertz CT molecular complexity index is 797. The number of rotatable bonds is 4. The lowest BCUT2D eigenvalue weighted by atomic mass is 10.2. The topological polar surface area (TPSA) is 71.3 Å². The second kappa shape index (κ2) is 6.31. The maximum absolute atomic E-state index is 12.1. The molecule has 2 heterocycles. The Morgan fingerprint density at radius 1 is 1.13 bits per heavy atom. The van der Waals surface area contributed by atoms with Crippen molar-refractivity contribution in [2.45, 2.75) is 6.92 Å². The smallest absolute Gasteiger partial charge is 0.275 e. The van der Waals surface area contributed by atoms with Crippen LogP contribution in [0.25, 0.3) is 0 Å². The van der Waals surface area contributed by atoms with Gasteiger partial charge in [-0.1, -0.05) is 23.4 Å². The lowest BCUT2D eigenvalue weighted by Crippen LogP contribution is -2.15. The molecule has 2 aromatic heterocycles. The maximum atomic E-state index is 12.1. The molecule has 1 N–H and O–H groups in total. The fourth-order valence-corrected chi connectivity index (χ4v) is 2.13. The number of anilines is 3. The first-order valence-corrected chi connectivity index (χ1v) is 7.13. The van der Waals surface area contributed by atoms with Gasteiger partial charge in [0.25, 0.3) is 5.91 Å². The highest BCUT2D eigenvalue weighted by molar-refractivity contribution is 6.02. The molecule has 116 valence electrons. The Hall–Kier alpha value is -3.15. The number of para-hydroxylation sites is 1. The third-order valence-electron chi connectivity index (χ3n) is 3.38. The molecule has 0 aliphatic heterocycles. The highest BCUT2D eigenvalue weighted by Gasteiger charge is 2.11. The number of amides is 1. The summed E-state index contributed by atoms with van der Waals surface area (Å²) >= 11 is 0. The molecule has 0 atom stereocenters. The third kappa shape index (κ3) is 3.37. The van der Waals surface area contributed by atoms with E-state index >= 15 is 0 Å². The normalized spacial score (nSPS) is 10.3. The number of nitrogens with zero attached hydrogens (tertiary/aromatic N) is 3. The van der Waals surface area contributed by atoms with Gasteiger partial charge in [-0.15, -0.1) is 0 Å². The highest BCUT2D eigenvalue weighted by atomic mass is 16.5. The zero-order valence-corrected chi connectivity index (χ0v) is 12.9. The van der Waals surface area contributed by atoms with Crippen LogP contribution in [0.3, 0.4) is 0 Å². The van der Waals surface area contributed by atoms with Crippen LogP contribution in [0.4, 0.5) is 17.2 Å². The molecule has 0 aliphatic rings. The van der Waals surface area contributed by atoms with E-state index in [0.29, 0.717) is 17.3 Å². The summed E-state index contributed by atoms with van der Waals surface area (Å²) in [6.45, 7) is 1.76. The van der Waals surface area contributed by atoms with Gasteiger partial charge >= 0.3 is 0 Å². The van der Waals surface area contributed by atoms with Crippen molar-refractivity contribution in [3.63, 3.8) is 0 Å². The Kier molecular flexibility index (Phi) is 4.05. The van der Waals surface area contributed by atoms with Gasteiger partial charge in [-0.3, -0.25) is 4.79 Å². The number of nitrogens with one attached hydrogen (secondary N) is 1. The van der Waals surface area contributed by atoms with Gasteiger partial charge in [0.05, 0.1) is 11.9 Å². The lowest BCUT2D eigenvalue weighted by Gasteiger charge is -2.19. The van der Waals surface area contributed by atoms with E-state index in [-0.39, 0.29) is 5.91 Å². The van der Waals surface area contributed by atoms with Gasteiger partial charge < -0.3 is 14.7 Å². The van der Waals surface area contributed by atoms with Gasteiger partial charge in [0.2, 0.25) is 0 Å². The molecule has 0 bridgehead atoms. The molecule has 0 saturated heterocycles. The highest BCUT2D eigenvalue weighted by Crippen LogP contribution is 2.22. The van der Waals surface area contributed by atoms with Crippen molar-refractivity contribution in [3.8, 4) is 0 Å². The zero-order valence-electron chi connectivity index (χ0n) is 12.9. The molecule has 6 nitrogen and oxygen atoms in total. The number of hydrogen-bond donors (Lipinski definition) is 1. The van der Waals surface area contributed by atoms with Gasteiger partial charge in [0, 0.05) is 18.8 Å². The van der Waals surface area contributed by atoms with Crippen LogP contribution in [0.5, 0.6) is 0 Å². The van der Waals surface area contributed by atoms with Crippen molar-refractivity contribution in [2.24, 2.45) is 0 Å². The summed E-state index contributed by atoms with van der Waals surface area (Å²) in [5.41, 5.74) is 2.26. The van der Waals surface area contributed by atoms with Gasteiger partial charge in [0.15, 0.2) is 5.82 Å². The van der Waals surface area contributed by atoms with E-state index in [1.54, 1.807) is 25.3 Å². The molecule has 23 heavy (non-hydrogen) atoms. The number of pyridine rings is 1. The summed E-state index contributed by atoms with van der Waals surface area (Å²) in [4.78, 5) is 18.3. The number of hydrogen-bond acceptors (Lipinski definition) is 5. The largest absolute Gasteiger partial charge is 0.360 e. The van der Waals surface area contributed by atoms with Crippen LogP contribution in [0.2, 0.25) is 0 Å². The molecule has 0 aliphatic carbocycles. The summed E-state index contributed by atoms with van der Waals surface area (Å²) in [7, 11) is 1.95. The SMILES string of the molecule is Cc1cc(NC(=O)c2ccc(N(C)c3ccccc3)cn2)no1. The first kappa shape index (κ1) is 14.8. The number of carbonyl (C=O) groups is 1. The first-order chi connectivity index (χ1) is 11.1. The molecule has 0 spiro atoms. The molecule has 0 saturated carbocycles. The lowest BCUT2D eigenvalue weighted by molar-refractivity contribution is 0.102. The van der Waals surface area contributed by atoms with Crippen LogP contribution in [0.1, 0.15) is 16.2 Å². The van der Waals surface area contributed by atoms with E-state index in [0.717, 1.165) is 11.4 Å². The van der Waals surface area contributed by atoms with Gasteiger partial charge in [-0.2, -0.15) is 0 Å². The molecule has 6 heteroatoms. The summed E-state index contributed by atoms with van der Waals surface area (Å²) in [6, 6.07) is 15.1. The van der Waals surface area contributed by atoms with Crippen molar-refractivity contribution >= 4 is 23.1 Å². The predicted octanol–water partition coefficient (Wildman–Crippen LogP) is 3.40. The van der Waals surface area contributed by atoms with Crippen LogP contribution in [-0.2, 0) is 0 Å². The van der Waals surface area contributed by atoms with Crippen molar-refractivity contribution in [3.05, 3.63) is 66.2 Å². The minimum Gasteiger partial charge on any atom is -0.360 e. The number of aromatic nitrogens is 2. The average molecular weight is 308 g/mol. The van der Waals surface area contributed by atoms with Crippen molar-refractivity contribution < 1.29 is 9.32 Å². The standard InChI is InChI=1S/C17H16N4O2/c1-12-10-16(20-23-12)19-17(22)15-9-8-14(11-18-15)21(2)13-6-4-3-5-7-13/h3-11H,1-2H3,(H,19,20,22). The molecule has 0 radical (unpaired) electrons. The zero-order chi connectivity index (χ0) is 16.2. The van der Waals surface area contributed by atoms with Crippen LogP contribution >= 0.6 is 0 Å². The average Bonchev–Trinajstić information content (AvgIpc) is 3.00. The Balaban J connectivity index is 1.73. The minimum atomic E-state index is -0.327. The predicted molar refractivity (Wildman–Crippen MR) is 87.9 cm³/mol. The second-order valence-electron chi connectivity index (χ2n) is 5.07. The van der Waals surface area contributed by atoms with E-state index in [1.807, 2.05) is 48.3 Å². The number of benzene rings is 1. The first-order valence-electron chi connectivity index (χ1n) is 7.13.